The van der Waals surface area contributed by atoms with Gasteiger partial charge in [-0.1, -0.05) is 144 Å². The van der Waals surface area contributed by atoms with Crippen LogP contribution in [0.2, 0.25) is 0 Å². The second kappa shape index (κ2) is 38.0. The Morgan fingerprint density at radius 1 is 0.500 bits per heavy atom. The van der Waals surface area contributed by atoms with E-state index < -0.39 is 34.3 Å². The molecule has 20 heteroatoms. The highest BCUT2D eigenvalue weighted by Crippen LogP contribution is 2.52. The standard InChI is InChI=1S/C25H30NO6PS.C13H11ClO3S.C12H20NO3P.C6H15N.C2H6/c1-3-31-33(27,32-4-2)20-23-12-10-21(11-13-23)18-26-34(28,29)25-16-14-24(15-17-25)30-19-22-8-6-5-7-9-22;14-18(15,16)13-8-6-12(7-9-13)17-10-11-4-2-1-3-5-11;1-3-15-17(14,16-4-2)10-12-7-5-11(9-13)6-8-12;1-4-7(5-2)6-3;1-2/h5-17,26H,3-4,18-20H2,1-2H3;1-9H,10H2;5-8H,3-4,9-10,13H2,1-2H3;4-6H2,1-3H3;1-2H3/i;;;;1D. The molecule has 3 N–H and O–H groups in total. The molecule has 6 aromatic carbocycles. The normalized spacial score (nSPS) is 11.5. The molecule has 0 aliphatic rings. The fourth-order valence-electron chi connectivity index (χ4n) is 6.86. The minimum absolute atomic E-state index is 0.0660. The minimum Gasteiger partial charge on any atom is -0.489 e. The van der Waals surface area contributed by atoms with E-state index in [4.69, 9.17) is 45.4 Å². The summed E-state index contributed by atoms with van der Waals surface area (Å²) in [4.78, 5) is 2.60. The molecule has 0 saturated heterocycles. The minimum atomic E-state index is -3.69. The Morgan fingerprint density at radius 2 is 0.833 bits per heavy atom. The SMILES string of the molecule is CCN(CC)CC.CCOP(=O)(Cc1ccc(CN)cc1)OCC.CCOP(=O)(Cc1ccc(CNS(=O)(=O)c2ccc(OCc3ccccc3)cc2)cc1)OCC.O=S(=O)(Cl)c1ccc(OCc2ccccc2)cc1.[2H]CC. The predicted octanol–water partition coefficient (Wildman–Crippen LogP) is 14.0. The van der Waals surface area contributed by atoms with Gasteiger partial charge in [0, 0.05) is 25.1 Å². The number of ether oxygens (including phenoxy) is 2. The highest BCUT2D eigenvalue weighted by molar-refractivity contribution is 8.13. The molecule has 0 aromatic heterocycles. The topological polar surface area (TPSA) is 199 Å². The molecule has 0 bridgehead atoms. The van der Waals surface area contributed by atoms with Gasteiger partial charge in [-0.3, -0.25) is 9.13 Å². The number of nitrogens with two attached hydrogens (primary N) is 1. The zero-order valence-electron chi connectivity index (χ0n) is 47.4. The van der Waals surface area contributed by atoms with Crippen molar-refractivity contribution in [3.63, 3.8) is 0 Å². The number of nitrogens with one attached hydrogen (secondary N) is 1. The Morgan fingerprint density at radius 3 is 1.14 bits per heavy atom. The lowest BCUT2D eigenvalue weighted by Crippen LogP contribution is -2.23. The van der Waals surface area contributed by atoms with Crippen molar-refractivity contribution in [1.82, 2.24) is 9.62 Å². The van der Waals surface area contributed by atoms with Crippen molar-refractivity contribution < 1.29 is 54.9 Å². The average molecular weight is 1180 g/mol. The molecule has 0 spiro atoms. The number of hydrogen-bond acceptors (Lipinski definition) is 14. The number of hydrogen-bond donors (Lipinski definition) is 2. The summed E-state index contributed by atoms with van der Waals surface area (Å²) in [6.07, 6.45) is 0.471. The van der Waals surface area contributed by atoms with Crippen LogP contribution in [-0.2, 0) is 84.9 Å². The zero-order valence-corrected chi connectivity index (χ0v) is 50.6. The third-order valence-electron chi connectivity index (χ3n) is 10.9. The van der Waals surface area contributed by atoms with E-state index in [1.807, 2.05) is 98.8 Å². The van der Waals surface area contributed by atoms with Gasteiger partial charge in [-0.2, -0.15) is 0 Å². The summed E-state index contributed by atoms with van der Waals surface area (Å²) in [5.74, 6) is 1.19. The van der Waals surface area contributed by atoms with Crippen LogP contribution in [0.5, 0.6) is 11.5 Å². The highest BCUT2D eigenvalue weighted by atomic mass is 35.7. The maximum atomic E-state index is 12.7. The van der Waals surface area contributed by atoms with Crippen molar-refractivity contribution in [2.75, 3.05) is 46.1 Å². The molecule has 0 unspecified atom stereocenters. The van der Waals surface area contributed by atoms with Gasteiger partial charge in [-0.05, 0) is 129 Å². The molecule has 0 atom stereocenters. The van der Waals surface area contributed by atoms with Crippen LogP contribution in [0.25, 0.3) is 0 Å². The number of rotatable bonds is 27. The fourth-order valence-corrected chi connectivity index (χ4v) is 12.1. The summed E-state index contributed by atoms with van der Waals surface area (Å²) in [6, 6.07) is 46.6. The predicted molar refractivity (Wildman–Crippen MR) is 316 cm³/mol. The molecular weight excluding hydrogens is 1090 g/mol. The summed E-state index contributed by atoms with van der Waals surface area (Å²) in [7, 11) is -8.32. The first-order valence-corrected chi connectivity index (χ1v) is 33.1. The van der Waals surface area contributed by atoms with Crippen LogP contribution in [0, 0.1) is 0 Å². The van der Waals surface area contributed by atoms with Gasteiger partial charge < -0.3 is 38.2 Å². The van der Waals surface area contributed by atoms with Crippen LogP contribution in [0.15, 0.2) is 168 Å². The van der Waals surface area contributed by atoms with Gasteiger partial charge in [0.05, 0.1) is 48.5 Å². The lowest BCUT2D eigenvalue weighted by molar-refractivity contribution is 0.218. The van der Waals surface area contributed by atoms with Crippen LogP contribution >= 0.6 is 25.9 Å². The van der Waals surface area contributed by atoms with Crippen molar-refractivity contribution in [3.8, 4) is 11.5 Å². The fraction of sp³-hybridized carbons (Fsp3) is 0.379. The Kier molecular flexibility index (Phi) is 32.9. The Bertz CT molecular complexity index is 2850. The van der Waals surface area contributed by atoms with E-state index in [1.165, 1.54) is 43.9 Å². The molecular formula is C58H82ClN3O12P2S2. The molecule has 15 nitrogen and oxygen atoms in total. The van der Waals surface area contributed by atoms with Crippen molar-refractivity contribution in [2.45, 2.75) is 111 Å². The monoisotopic (exact) mass is 1170 g/mol. The van der Waals surface area contributed by atoms with E-state index in [1.54, 1.807) is 69.3 Å². The number of benzene rings is 6. The molecule has 0 saturated carbocycles. The first-order valence-electron chi connectivity index (χ1n) is 26.6. The smallest absolute Gasteiger partial charge is 0.335 e. The van der Waals surface area contributed by atoms with Gasteiger partial charge in [0.15, 0.2) is 0 Å². The van der Waals surface area contributed by atoms with Gasteiger partial charge in [0.25, 0.3) is 9.05 Å². The maximum Gasteiger partial charge on any atom is 0.335 e. The van der Waals surface area contributed by atoms with Crippen LogP contribution in [0.1, 0.15) is 97.0 Å². The Balaban J connectivity index is 0.000000399. The maximum absolute atomic E-state index is 12.7. The lowest BCUT2D eigenvalue weighted by Gasteiger charge is -2.17. The molecule has 0 amide bonds. The van der Waals surface area contributed by atoms with E-state index >= 15 is 0 Å². The van der Waals surface area contributed by atoms with Crippen molar-refractivity contribution in [2.24, 2.45) is 5.73 Å². The number of sulfonamides is 1. The molecule has 0 aliphatic carbocycles. The molecule has 0 heterocycles. The van der Waals surface area contributed by atoms with Gasteiger partial charge in [-0.25, -0.2) is 21.6 Å². The number of nitrogens with zero attached hydrogens (tertiary/aromatic N) is 1. The van der Waals surface area contributed by atoms with Crippen molar-refractivity contribution in [1.29, 1.82) is 0 Å². The van der Waals surface area contributed by atoms with Crippen LogP contribution in [0.3, 0.4) is 0 Å². The third kappa shape index (κ3) is 27.4. The highest BCUT2D eigenvalue weighted by Gasteiger charge is 2.25. The second-order valence-electron chi connectivity index (χ2n) is 16.4. The zero-order chi connectivity index (χ0) is 58.6. The molecule has 6 rings (SSSR count). The van der Waals surface area contributed by atoms with Crippen molar-refractivity contribution >= 4 is 44.9 Å². The molecule has 0 fully saturated rings. The van der Waals surface area contributed by atoms with Crippen LogP contribution in [-0.4, -0.2) is 67.8 Å². The summed E-state index contributed by atoms with van der Waals surface area (Å²) in [6.45, 7) is 22.4. The largest absolute Gasteiger partial charge is 0.489 e. The van der Waals surface area contributed by atoms with E-state index in [-0.39, 0.29) is 22.5 Å². The van der Waals surface area contributed by atoms with Gasteiger partial charge in [0.1, 0.15) is 24.7 Å². The Hall–Kier alpha value is -4.71. The summed E-state index contributed by atoms with van der Waals surface area (Å²) >= 11 is 0. The quantitative estimate of drug-likeness (QED) is 0.0365. The molecule has 0 aliphatic heterocycles. The van der Waals surface area contributed by atoms with Gasteiger partial charge in [0.2, 0.25) is 10.0 Å². The van der Waals surface area contributed by atoms with E-state index in [0.717, 1.165) is 33.4 Å². The van der Waals surface area contributed by atoms with Crippen molar-refractivity contribution in [3.05, 3.63) is 191 Å². The number of halogens is 1. The van der Waals surface area contributed by atoms with Crippen LogP contribution < -0.4 is 19.9 Å². The molecule has 430 valence electrons. The van der Waals surface area contributed by atoms with E-state index in [9.17, 15) is 26.0 Å². The third-order valence-corrected chi connectivity index (χ3v) is 17.8. The van der Waals surface area contributed by atoms with E-state index in [0.29, 0.717) is 70.7 Å². The second-order valence-corrected chi connectivity index (χ2v) is 24.9. The molecule has 78 heavy (non-hydrogen) atoms. The average Bonchev–Trinajstić information content (AvgIpc) is 3.44. The van der Waals surface area contributed by atoms with Gasteiger partial charge in [-0.15, -0.1) is 0 Å². The van der Waals surface area contributed by atoms with Crippen LogP contribution in [0.4, 0.5) is 0 Å². The lowest BCUT2D eigenvalue weighted by atomic mass is 10.1. The summed E-state index contributed by atoms with van der Waals surface area (Å²) < 4.78 is 114. The first-order chi connectivity index (χ1) is 37.8. The molecule has 0 radical (unpaired) electrons. The van der Waals surface area contributed by atoms with Gasteiger partial charge >= 0.3 is 15.2 Å². The molecule has 6 aromatic rings. The first kappa shape index (κ1) is 67.6. The summed E-state index contributed by atoms with van der Waals surface area (Å²) in [5, 5.41) is 0. The summed E-state index contributed by atoms with van der Waals surface area (Å²) in [5.41, 5.74) is 11.2. The van der Waals surface area contributed by atoms with E-state index in [2.05, 4.69) is 30.4 Å². The Labute approximate surface area is 472 Å².